The molecule has 7 heteroatoms. The molecule has 2 heterocycles. The first-order valence-electron chi connectivity index (χ1n) is 6.50. The number of carboxylic acid groups (broad SMARTS) is 2. The number of aliphatic carboxylic acids is 2. The zero-order valence-electron chi connectivity index (χ0n) is 11.7. The molecule has 2 bridgehead atoms. The van der Waals surface area contributed by atoms with Gasteiger partial charge in [0.1, 0.15) is 6.61 Å². The van der Waals surface area contributed by atoms with Crippen molar-refractivity contribution in [2.75, 3.05) is 13.7 Å². The lowest BCUT2D eigenvalue weighted by Crippen LogP contribution is -2.36. The zero-order chi connectivity index (χ0) is 15.1. The van der Waals surface area contributed by atoms with E-state index in [-0.39, 0.29) is 0 Å². The molecular formula is C13H20N2O5. The monoisotopic (exact) mass is 284 g/mol. The Labute approximate surface area is 117 Å². The van der Waals surface area contributed by atoms with Crippen LogP contribution in [-0.4, -0.2) is 59.0 Å². The van der Waals surface area contributed by atoms with Gasteiger partial charge < -0.3 is 15.1 Å². The molecule has 20 heavy (non-hydrogen) atoms. The summed E-state index contributed by atoms with van der Waals surface area (Å²) >= 11 is 0. The fourth-order valence-corrected chi connectivity index (χ4v) is 2.42. The SMILES string of the molecule is CCON=CC1=CCC2CCC1N2C.O=C(O)C(=O)O. The Morgan fingerprint density at radius 1 is 1.45 bits per heavy atom. The van der Waals surface area contributed by atoms with Gasteiger partial charge in [-0.1, -0.05) is 11.2 Å². The number of carboxylic acids is 2. The number of nitrogens with zero attached hydrogens (tertiary/aromatic N) is 2. The van der Waals surface area contributed by atoms with Gasteiger partial charge in [0.2, 0.25) is 0 Å². The molecular weight excluding hydrogens is 264 g/mol. The van der Waals surface area contributed by atoms with Crippen LogP contribution in [0.4, 0.5) is 0 Å². The summed E-state index contributed by atoms with van der Waals surface area (Å²) in [6.07, 6.45) is 7.95. The number of rotatable bonds is 3. The van der Waals surface area contributed by atoms with Gasteiger partial charge >= 0.3 is 11.9 Å². The van der Waals surface area contributed by atoms with Gasteiger partial charge in [-0.05, 0) is 38.8 Å². The summed E-state index contributed by atoms with van der Waals surface area (Å²) in [6.45, 7) is 2.59. The minimum absolute atomic E-state index is 0.581. The van der Waals surface area contributed by atoms with Crippen LogP contribution in [0.2, 0.25) is 0 Å². The molecule has 0 amide bonds. The summed E-state index contributed by atoms with van der Waals surface area (Å²) in [5, 5.41) is 18.7. The number of hydrogen-bond acceptors (Lipinski definition) is 5. The Morgan fingerprint density at radius 2 is 2.10 bits per heavy atom. The third kappa shape index (κ3) is 4.34. The Balaban J connectivity index is 0.000000286. The highest BCUT2D eigenvalue weighted by molar-refractivity contribution is 6.27. The summed E-state index contributed by atoms with van der Waals surface area (Å²) in [6, 6.07) is 1.35. The van der Waals surface area contributed by atoms with Crippen molar-refractivity contribution in [2.45, 2.75) is 38.3 Å². The normalized spacial score (nSPS) is 24.8. The van der Waals surface area contributed by atoms with Gasteiger partial charge in [0.15, 0.2) is 0 Å². The second-order valence-corrected chi connectivity index (χ2v) is 4.61. The van der Waals surface area contributed by atoms with Gasteiger partial charge in [0.25, 0.3) is 0 Å². The van der Waals surface area contributed by atoms with Crippen molar-refractivity contribution in [3.8, 4) is 0 Å². The largest absolute Gasteiger partial charge is 0.473 e. The molecule has 112 valence electrons. The number of hydrogen-bond donors (Lipinski definition) is 2. The molecule has 0 aromatic heterocycles. The first-order chi connectivity index (χ1) is 9.47. The van der Waals surface area contributed by atoms with Crippen molar-refractivity contribution in [3.05, 3.63) is 11.6 Å². The molecule has 0 saturated carbocycles. The van der Waals surface area contributed by atoms with Crippen LogP contribution in [0, 0.1) is 0 Å². The van der Waals surface area contributed by atoms with Crippen LogP contribution in [0.25, 0.3) is 0 Å². The average Bonchev–Trinajstić information content (AvgIpc) is 2.63. The van der Waals surface area contributed by atoms with Gasteiger partial charge in [-0.25, -0.2) is 9.59 Å². The van der Waals surface area contributed by atoms with E-state index >= 15 is 0 Å². The summed E-state index contributed by atoms with van der Waals surface area (Å²) in [4.78, 5) is 25.7. The van der Waals surface area contributed by atoms with Crippen LogP contribution in [0.15, 0.2) is 16.8 Å². The topological polar surface area (TPSA) is 99.4 Å². The third-order valence-electron chi connectivity index (χ3n) is 3.44. The molecule has 7 nitrogen and oxygen atoms in total. The first-order valence-corrected chi connectivity index (χ1v) is 6.50. The average molecular weight is 284 g/mol. The highest BCUT2D eigenvalue weighted by Crippen LogP contribution is 2.33. The fraction of sp³-hybridized carbons (Fsp3) is 0.615. The second-order valence-electron chi connectivity index (χ2n) is 4.61. The van der Waals surface area contributed by atoms with E-state index in [9.17, 15) is 0 Å². The van der Waals surface area contributed by atoms with Crippen LogP contribution in [-0.2, 0) is 14.4 Å². The van der Waals surface area contributed by atoms with Gasteiger partial charge in [0, 0.05) is 12.1 Å². The van der Waals surface area contributed by atoms with Crippen LogP contribution in [0.1, 0.15) is 26.2 Å². The maximum absolute atomic E-state index is 9.10. The second kappa shape index (κ2) is 7.64. The Morgan fingerprint density at radius 3 is 2.65 bits per heavy atom. The van der Waals surface area contributed by atoms with Crippen molar-refractivity contribution >= 4 is 18.2 Å². The number of oxime groups is 1. The van der Waals surface area contributed by atoms with Crippen LogP contribution >= 0.6 is 0 Å². The molecule has 2 N–H and O–H groups in total. The highest BCUT2D eigenvalue weighted by Gasteiger charge is 2.34. The van der Waals surface area contributed by atoms with E-state index in [4.69, 9.17) is 24.6 Å². The maximum atomic E-state index is 9.10. The fourth-order valence-electron chi connectivity index (χ4n) is 2.42. The maximum Gasteiger partial charge on any atom is 0.414 e. The number of carbonyl (C=O) groups is 2. The molecule has 2 rings (SSSR count). The van der Waals surface area contributed by atoms with Crippen LogP contribution in [0.5, 0.6) is 0 Å². The van der Waals surface area contributed by atoms with E-state index in [0.29, 0.717) is 12.6 Å². The van der Waals surface area contributed by atoms with E-state index in [1.54, 1.807) is 0 Å². The molecule has 2 atom stereocenters. The van der Waals surface area contributed by atoms with Crippen molar-refractivity contribution in [2.24, 2.45) is 5.16 Å². The van der Waals surface area contributed by atoms with E-state index in [0.717, 1.165) is 6.04 Å². The van der Waals surface area contributed by atoms with Gasteiger partial charge in [-0.3, -0.25) is 4.90 Å². The standard InChI is InChI=1S/C11H18N2O.C2H2O4/c1-3-14-12-8-9-4-5-10-6-7-11(9)13(10)2;3-1(4)2(5)6/h4,8,10-11H,3,5-7H2,1-2H3;(H,3,4)(H,5,6). The minimum Gasteiger partial charge on any atom is -0.473 e. The summed E-state index contributed by atoms with van der Waals surface area (Å²) < 4.78 is 0. The van der Waals surface area contributed by atoms with Gasteiger partial charge in [0.05, 0.1) is 6.21 Å². The van der Waals surface area contributed by atoms with E-state index < -0.39 is 11.9 Å². The minimum atomic E-state index is -1.82. The van der Waals surface area contributed by atoms with Crippen LogP contribution in [0.3, 0.4) is 0 Å². The smallest absolute Gasteiger partial charge is 0.414 e. The lowest BCUT2D eigenvalue weighted by molar-refractivity contribution is -0.159. The molecule has 2 aliphatic heterocycles. The molecule has 0 spiro atoms. The molecule has 2 unspecified atom stereocenters. The van der Waals surface area contributed by atoms with Crippen molar-refractivity contribution in [1.29, 1.82) is 0 Å². The number of fused-ring (bicyclic) bond motifs is 2. The lowest BCUT2D eigenvalue weighted by atomic mass is 10.0. The molecule has 0 aromatic carbocycles. The predicted octanol–water partition coefficient (Wildman–Crippen LogP) is 0.957. The Kier molecular flexibility index (Phi) is 6.17. The van der Waals surface area contributed by atoms with E-state index in [2.05, 4.69) is 23.2 Å². The summed E-state index contributed by atoms with van der Waals surface area (Å²) in [5.41, 5.74) is 1.33. The predicted molar refractivity (Wildman–Crippen MR) is 72.7 cm³/mol. The molecule has 0 radical (unpaired) electrons. The van der Waals surface area contributed by atoms with Crippen molar-refractivity contribution < 1.29 is 24.6 Å². The summed E-state index contributed by atoms with van der Waals surface area (Å²) in [5.74, 6) is -3.65. The lowest BCUT2D eigenvalue weighted by Gasteiger charge is -2.29. The Bertz CT molecular complexity index is 407. The van der Waals surface area contributed by atoms with Crippen LogP contribution < -0.4 is 0 Å². The van der Waals surface area contributed by atoms with Gasteiger partial charge in [-0.15, -0.1) is 0 Å². The molecule has 0 aromatic rings. The van der Waals surface area contributed by atoms with E-state index in [1.807, 2.05) is 13.1 Å². The third-order valence-corrected chi connectivity index (χ3v) is 3.44. The Hall–Kier alpha value is -1.89. The van der Waals surface area contributed by atoms with Crippen molar-refractivity contribution in [3.63, 3.8) is 0 Å². The van der Waals surface area contributed by atoms with E-state index in [1.165, 1.54) is 24.8 Å². The molecule has 2 aliphatic rings. The molecule has 1 saturated heterocycles. The molecule has 1 fully saturated rings. The molecule has 0 aliphatic carbocycles. The number of likely N-dealkylation sites (N-methyl/N-ethyl adjacent to an activating group) is 1. The first kappa shape index (κ1) is 16.2. The quantitative estimate of drug-likeness (QED) is 0.455. The zero-order valence-corrected chi connectivity index (χ0v) is 11.7. The highest BCUT2D eigenvalue weighted by atomic mass is 16.6. The summed E-state index contributed by atoms with van der Waals surface area (Å²) in [7, 11) is 2.21. The van der Waals surface area contributed by atoms with Crippen molar-refractivity contribution in [1.82, 2.24) is 4.90 Å². The van der Waals surface area contributed by atoms with Gasteiger partial charge in [-0.2, -0.15) is 0 Å².